The zero-order valence-corrected chi connectivity index (χ0v) is 14.6. The average Bonchev–Trinajstić information content (AvgIpc) is 2.84. The van der Waals surface area contributed by atoms with Crippen molar-refractivity contribution in [3.05, 3.63) is 58.9 Å². The van der Waals surface area contributed by atoms with Crippen molar-refractivity contribution in [1.29, 1.82) is 0 Å². The lowest BCUT2D eigenvalue weighted by Gasteiger charge is -2.11. The highest BCUT2D eigenvalue weighted by atomic mass is 16.5. The Morgan fingerprint density at radius 3 is 2.67 bits per heavy atom. The predicted octanol–water partition coefficient (Wildman–Crippen LogP) is 2.28. The van der Waals surface area contributed by atoms with Gasteiger partial charge in [0.15, 0.2) is 0 Å². The van der Waals surface area contributed by atoms with Gasteiger partial charge in [0.05, 0.1) is 18.3 Å². The highest BCUT2D eigenvalue weighted by molar-refractivity contribution is 5.95. The molecule has 0 aliphatic carbocycles. The molecule has 1 amide bonds. The fourth-order valence-electron chi connectivity index (χ4n) is 2.76. The summed E-state index contributed by atoms with van der Waals surface area (Å²) < 4.78 is 7.02. The summed E-state index contributed by atoms with van der Waals surface area (Å²) in [5.74, 6) is -0.105. The summed E-state index contributed by atoms with van der Waals surface area (Å²) in [6, 6.07) is 12.1. The number of aromatic nitrogens is 1. The molecule has 2 aromatic rings. The summed E-state index contributed by atoms with van der Waals surface area (Å²) in [7, 11) is 1.55. The molecule has 0 fully saturated rings. The molecule has 2 N–H and O–H groups in total. The fraction of sp³-hybridized carbons (Fsp3) is 0.421. The van der Waals surface area contributed by atoms with Crippen LogP contribution in [0.1, 0.15) is 33.7 Å². The van der Waals surface area contributed by atoms with Crippen LogP contribution in [0.5, 0.6) is 0 Å². The first kappa shape index (κ1) is 18.2. The average molecular weight is 330 g/mol. The van der Waals surface area contributed by atoms with Crippen LogP contribution in [0.2, 0.25) is 0 Å². The summed E-state index contributed by atoms with van der Waals surface area (Å²) in [5.41, 5.74) is 3.89. The van der Waals surface area contributed by atoms with E-state index in [1.165, 1.54) is 5.56 Å². The van der Waals surface area contributed by atoms with Crippen molar-refractivity contribution in [3.63, 3.8) is 0 Å². The molecule has 0 aliphatic rings. The van der Waals surface area contributed by atoms with E-state index in [1.807, 2.05) is 38.1 Å². The van der Waals surface area contributed by atoms with Gasteiger partial charge in [-0.05, 0) is 31.9 Å². The van der Waals surface area contributed by atoms with Gasteiger partial charge in [0, 0.05) is 31.6 Å². The number of rotatable bonds is 8. The van der Waals surface area contributed by atoms with E-state index in [2.05, 4.69) is 22.0 Å². The lowest BCUT2D eigenvalue weighted by atomic mass is 10.2. The molecule has 0 saturated carbocycles. The maximum absolute atomic E-state index is 12.4. The molecular formula is C19H26N2O3. The minimum Gasteiger partial charge on any atom is -0.391 e. The number of ether oxygens (including phenoxy) is 1. The smallest absolute Gasteiger partial charge is 0.253 e. The molecule has 130 valence electrons. The molecule has 1 aromatic carbocycles. The summed E-state index contributed by atoms with van der Waals surface area (Å²) in [6.45, 7) is 5.42. The van der Waals surface area contributed by atoms with Crippen LogP contribution in [-0.2, 0) is 11.3 Å². The first-order valence-electron chi connectivity index (χ1n) is 8.18. The number of nitrogens with one attached hydrogen (secondary N) is 1. The summed E-state index contributed by atoms with van der Waals surface area (Å²) in [4.78, 5) is 12.4. The van der Waals surface area contributed by atoms with Crippen LogP contribution >= 0.6 is 0 Å². The fourth-order valence-corrected chi connectivity index (χ4v) is 2.76. The van der Waals surface area contributed by atoms with E-state index in [9.17, 15) is 9.90 Å². The van der Waals surface area contributed by atoms with Gasteiger partial charge in [-0.15, -0.1) is 0 Å². The Morgan fingerprint density at radius 2 is 2.00 bits per heavy atom. The van der Waals surface area contributed by atoms with Crippen molar-refractivity contribution in [2.24, 2.45) is 0 Å². The van der Waals surface area contributed by atoms with E-state index >= 15 is 0 Å². The molecule has 1 aromatic heterocycles. The molecule has 0 bridgehead atoms. The molecule has 1 heterocycles. The molecule has 0 spiro atoms. The number of methoxy groups -OCH3 is 1. The van der Waals surface area contributed by atoms with Gasteiger partial charge in [-0.2, -0.15) is 0 Å². The number of aryl methyl sites for hydroxylation is 1. The Labute approximate surface area is 143 Å². The minimum absolute atomic E-state index is 0.105. The second-order valence-electron chi connectivity index (χ2n) is 6.01. The number of benzene rings is 1. The van der Waals surface area contributed by atoms with Gasteiger partial charge in [0.1, 0.15) is 0 Å². The summed E-state index contributed by atoms with van der Waals surface area (Å²) in [6.07, 6.45) is -0.0803. The molecule has 5 heteroatoms. The van der Waals surface area contributed by atoms with Gasteiger partial charge in [0.25, 0.3) is 5.91 Å². The highest BCUT2D eigenvalue weighted by Crippen LogP contribution is 2.17. The molecule has 0 saturated heterocycles. The standard InChI is InChI=1S/C19H26N2O3/c1-14-11-18(19(23)20-10-9-17(22)13-24-3)15(2)21(14)12-16-7-5-4-6-8-16/h4-8,11,17,22H,9-10,12-13H2,1-3H3,(H,20,23). The topological polar surface area (TPSA) is 63.5 Å². The Morgan fingerprint density at radius 1 is 1.29 bits per heavy atom. The Hall–Kier alpha value is -2.11. The quantitative estimate of drug-likeness (QED) is 0.780. The zero-order valence-electron chi connectivity index (χ0n) is 14.6. The second kappa shape index (κ2) is 8.66. The summed E-state index contributed by atoms with van der Waals surface area (Å²) >= 11 is 0. The Bertz CT molecular complexity index is 665. The van der Waals surface area contributed by atoms with E-state index in [0.717, 1.165) is 17.9 Å². The number of hydrogen-bond acceptors (Lipinski definition) is 3. The van der Waals surface area contributed by atoms with Crippen molar-refractivity contribution < 1.29 is 14.6 Å². The van der Waals surface area contributed by atoms with Gasteiger partial charge in [-0.1, -0.05) is 30.3 Å². The number of aliphatic hydroxyl groups is 1. The first-order chi connectivity index (χ1) is 11.5. The zero-order chi connectivity index (χ0) is 17.5. The van der Waals surface area contributed by atoms with Gasteiger partial charge < -0.3 is 19.7 Å². The van der Waals surface area contributed by atoms with Gasteiger partial charge >= 0.3 is 0 Å². The normalized spacial score (nSPS) is 12.2. The van der Waals surface area contributed by atoms with Crippen LogP contribution in [0.3, 0.4) is 0 Å². The molecule has 0 radical (unpaired) electrons. The third-order valence-corrected chi connectivity index (χ3v) is 4.12. The first-order valence-corrected chi connectivity index (χ1v) is 8.18. The van der Waals surface area contributed by atoms with E-state index < -0.39 is 6.10 Å². The van der Waals surface area contributed by atoms with E-state index in [-0.39, 0.29) is 12.5 Å². The van der Waals surface area contributed by atoms with Gasteiger partial charge in [0.2, 0.25) is 0 Å². The van der Waals surface area contributed by atoms with Crippen molar-refractivity contribution in [3.8, 4) is 0 Å². The molecule has 2 rings (SSSR count). The number of amides is 1. The predicted molar refractivity (Wildman–Crippen MR) is 94.3 cm³/mol. The SMILES string of the molecule is COCC(O)CCNC(=O)c1cc(C)n(Cc2ccccc2)c1C. The minimum atomic E-state index is -0.555. The van der Waals surface area contributed by atoms with Crippen LogP contribution in [0.15, 0.2) is 36.4 Å². The molecule has 1 unspecified atom stereocenters. The van der Waals surface area contributed by atoms with Crippen LogP contribution in [0, 0.1) is 13.8 Å². The van der Waals surface area contributed by atoms with Gasteiger partial charge in [-0.3, -0.25) is 4.79 Å². The third-order valence-electron chi connectivity index (χ3n) is 4.12. The molecule has 0 aliphatic heterocycles. The van der Waals surface area contributed by atoms with Crippen molar-refractivity contribution in [2.75, 3.05) is 20.3 Å². The van der Waals surface area contributed by atoms with Gasteiger partial charge in [-0.25, -0.2) is 0 Å². The highest BCUT2D eigenvalue weighted by Gasteiger charge is 2.16. The summed E-state index contributed by atoms with van der Waals surface area (Å²) in [5, 5.41) is 12.5. The molecule has 24 heavy (non-hydrogen) atoms. The molecule has 5 nitrogen and oxygen atoms in total. The molecule has 1 atom stereocenters. The van der Waals surface area contributed by atoms with E-state index in [4.69, 9.17) is 4.74 Å². The number of nitrogens with zero attached hydrogens (tertiary/aromatic N) is 1. The van der Waals surface area contributed by atoms with Crippen molar-refractivity contribution in [2.45, 2.75) is 32.9 Å². The number of carbonyl (C=O) groups is 1. The van der Waals surface area contributed by atoms with Crippen molar-refractivity contribution in [1.82, 2.24) is 9.88 Å². The van der Waals surface area contributed by atoms with Crippen LogP contribution in [-0.4, -0.2) is 41.9 Å². The van der Waals surface area contributed by atoms with Crippen LogP contribution in [0.25, 0.3) is 0 Å². The second-order valence-corrected chi connectivity index (χ2v) is 6.01. The third kappa shape index (κ3) is 4.69. The Kier molecular flexibility index (Phi) is 6.58. The van der Waals surface area contributed by atoms with Crippen molar-refractivity contribution >= 4 is 5.91 Å². The monoisotopic (exact) mass is 330 g/mol. The molecular weight excluding hydrogens is 304 g/mol. The van der Waals surface area contributed by atoms with Crippen LogP contribution < -0.4 is 5.32 Å². The number of carbonyl (C=O) groups excluding carboxylic acids is 1. The lowest BCUT2D eigenvalue weighted by Crippen LogP contribution is -2.28. The Balaban J connectivity index is 2.01. The van der Waals surface area contributed by atoms with Crippen LogP contribution in [0.4, 0.5) is 0 Å². The lowest BCUT2D eigenvalue weighted by molar-refractivity contribution is 0.0587. The van der Waals surface area contributed by atoms with E-state index in [0.29, 0.717) is 18.5 Å². The van der Waals surface area contributed by atoms with E-state index in [1.54, 1.807) is 7.11 Å². The largest absolute Gasteiger partial charge is 0.391 e. The maximum atomic E-state index is 12.4. The maximum Gasteiger partial charge on any atom is 0.253 e. The number of hydrogen-bond donors (Lipinski definition) is 2. The number of aliphatic hydroxyl groups excluding tert-OH is 1.